The Kier molecular flexibility index (Phi) is 5.09. The van der Waals surface area contributed by atoms with Gasteiger partial charge in [-0.2, -0.15) is 0 Å². The van der Waals surface area contributed by atoms with E-state index in [1.807, 2.05) is 11.9 Å². The number of likely N-dealkylation sites (N-methyl/N-ethyl adjacent to an activating group) is 1. The van der Waals surface area contributed by atoms with Crippen LogP contribution in [-0.4, -0.2) is 36.5 Å². The molecule has 88 valence electrons. The van der Waals surface area contributed by atoms with Crippen LogP contribution in [-0.2, 0) is 4.79 Å². The summed E-state index contributed by atoms with van der Waals surface area (Å²) in [5.41, 5.74) is 0. The second-order valence-electron chi connectivity index (χ2n) is 4.63. The highest BCUT2D eigenvalue weighted by molar-refractivity contribution is 5.78. The Balaban J connectivity index is 2.26. The average Bonchev–Trinajstić information content (AvgIpc) is 2.77. The van der Waals surface area contributed by atoms with E-state index in [0.717, 1.165) is 6.42 Å². The molecule has 1 rings (SSSR count). The van der Waals surface area contributed by atoms with Gasteiger partial charge in [0, 0.05) is 19.1 Å². The third-order valence-electron chi connectivity index (χ3n) is 3.48. The molecule has 1 amide bonds. The number of hydrogen-bond donors (Lipinski definition) is 1. The zero-order valence-electron chi connectivity index (χ0n) is 10.3. The third-order valence-corrected chi connectivity index (χ3v) is 3.48. The van der Waals surface area contributed by atoms with Gasteiger partial charge in [-0.05, 0) is 26.2 Å². The summed E-state index contributed by atoms with van der Waals surface area (Å²) in [6, 6.07) is 0.933. The minimum atomic E-state index is 0.238. The van der Waals surface area contributed by atoms with Gasteiger partial charge in [0.15, 0.2) is 0 Å². The molecule has 0 aromatic heterocycles. The van der Waals surface area contributed by atoms with Gasteiger partial charge in [0.2, 0.25) is 5.91 Å². The van der Waals surface area contributed by atoms with Crippen molar-refractivity contribution >= 4 is 5.91 Å². The maximum Gasteiger partial charge on any atom is 0.236 e. The van der Waals surface area contributed by atoms with E-state index in [-0.39, 0.29) is 5.91 Å². The van der Waals surface area contributed by atoms with Crippen molar-refractivity contribution in [3.8, 4) is 0 Å². The monoisotopic (exact) mass is 212 g/mol. The fourth-order valence-electron chi connectivity index (χ4n) is 2.03. The first-order valence-electron chi connectivity index (χ1n) is 6.14. The first-order valence-corrected chi connectivity index (χ1v) is 6.14. The van der Waals surface area contributed by atoms with Crippen LogP contribution >= 0.6 is 0 Å². The maximum atomic E-state index is 11.8. The highest BCUT2D eigenvalue weighted by Gasteiger charge is 2.22. The Labute approximate surface area is 93.2 Å². The molecule has 0 heterocycles. The summed E-state index contributed by atoms with van der Waals surface area (Å²) in [7, 11) is 1.94. The zero-order chi connectivity index (χ0) is 11.3. The van der Waals surface area contributed by atoms with Gasteiger partial charge in [-0.3, -0.25) is 4.79 Å². The van der Waals surface area contributed by atoms with Crippen molar-refractivity contribution in [1.82, 2.24) is 10.2 Å². The second kappa shape index (κ2) is 6.11. The molecule has 0 spiro atoms. The van der Waals surface area contributed by atoms with Gasteiger partial charge in [0.05, 0.1) is 6.54 Å². The predicted molar refractivity (Wildman–Crippen MR) is 62.8 cm³/mol. The molecule has 1 atom stereocenters. The largest absolute Gasteiger partial charge is 0.342 e. The van der Waals surface area contributed by atoms with Gasteiger partial charge in [-0.25, -0.2) is 0 Å². The van der Waals surface area contributed by atoms with E-state index in [9.17, 15) is 4.79 Å². The minimum Gasteiger partial charge on any atom is -0.342 e. The van der Waals surface area contributed by atoms with Crippen LogP contribution in [0.3, 0.4) is 0 Å². The van der Waals surface area contributed by atoms with Gasteiger partial charge in [-0.1, -0.05) is 19.8 Å². The minimum absolute atomic E-state index is 0.238. The quantitative estimate of drug-likeness (QED) is 0.753. The summed E-state index contributed by atoms with van der Waals surface area (Å²) in [5.74, 6) is 0.238. The van der Waals surface area contributed by atoms with Crippen LogP contribution in [0.25, 0.3) is 0 Å². The lowest BCUT2D eigenvalue weighted by Gasteiger charge is -2.25. The van der Waals surface area contributed by atoms with Crippen LogP contribution in [0.1, 0.15) is 46.0 Å². The van der Waals surface area contributed by atoms with Crippen LogP contribution in [0, 0.1) is 0 Å². The molecule has 0 aliphatic heterocycles. The Bertz CT molecular complexity index is 200. The van der Waals surface area contributed by atoms with Crippen molar-refractivity contribution in [1.29, 1.82) is 0 Å². The van der Waals surface area contributed by atoms with E-state index >= 15 is 0 Å². The summed E-state index contributed by atoms with van der Waals surface area (Å²) in [5, 5.41) is 3.25. The van der Waals surface area contributed by atoms with Crippen LogP contribution in [0.2, 0.25) is 0 Å². The molecule has 1 unspecified atom stereocenters. The van der Waals surface area contributed by atoms with Gasteiger partial charge in [0.25, 0.3) is 0 Å². The molecule has 0 radical (unpaired) electrons. The van der Waals surface area contributed by atoms with Crippen molar-refractivity contribution in [2.45, 2.75) is 58.0 Å². The second-order valence-corrected chi connectivity index (χ2v) is 4.63. The molecule has 0 saturated heterocycles. The van der Waals surface area contributed by atoms with E-state index in [2.05, 4.69) is 19.2 Å². The predicted octanol–water partition coefficient (Wildman–Crippen LogP) is 1.78. The van der Waals surface area contributed by atoms with Crippen molar-refractivity contribution in [3.05, 3.63) is 0 Å². The van der Waals surface area contributed by atoms with Gasteiger partial charge < -0.3 is 10.2 Å². The van der Waals surface area contributed by atoms with Crippen molar-refractivity contribution in [2.24, 2.45) is 0 Å². The molecule has 1 aliphatic rings. The van der Waals surface area contributed by atoms with Crippen molar-refractivity contribution in [2.75, 3.05) is 13.6 Å². The van der Waals surface area contributed by atoms with E-state index < -0.39 is 0 Å². The van der Waals surface area contributed by atoms with Gasteiger partial charge >= 0.3 is 0 Å². The molecule has 3 heteroatoms. The molecule has 0 aromatic carbocycles. The number of nitrogens with one attached hydrogen (secondary N) is 1. The molecule has 15 heavy (non-hydrogen) atoms. The van der Waals surface area contributed by atoms with Crippen LogP contribution in [0.15, 0.2) is 0 Å². The average molecular weight is 212 g/mol. The first kappa shape index (κ1) is 12.5. The van der Waals surface area contributed by atoms with Crippen molar-refractivity contribution in [3.63, 3.8) is 0 Å². The molecular weight excluding hydrogens is 188 g/mol. The van der Waals surface area contributed by atoms with Crippen molar-refractivity contribution < 1.29 is 4.79 Å². The van der Waals surface area contributed by atoms with E-state index in [1.165, 1.54) is 25.7 Å². The third kappa shape index (κ3) is 3.82. The lowest BCUT2D eigenvalue weighted by molar-refractivity contribution is -0.131. The number of hydrogen-bond acceptors (Lipinski definition) is 2. The Morgan fingerprint density at radius 2 is 2.07 bits per heavy atom. The molecule has 1 fully saturated rings. The molecular formula is C12H24N2O. The fraction of sp³-hybridized carbons (Fsp3) is 0.917. The number of amides is 1. The van der Waals surface area contributed by atoms with Crippen LogP contribution in [0.4, 0.5) is 0 Å². The maximum absolute atomic E-state index is 11.8. The van der Waals surface area contributed by atoms with Gasteiger partial charge in [-0.15, -0.1) is 0 Å². The topological polar surface area (TPSA) is 32.3 Å². The Morgan fingerprint density at radius 3 is 2.60 bits per heavy atom. The first-order chi connectivity index (χ1) is 7.15. The number of carbonyl (C=O) groups excluding carboxylic acids is 1. The Morgan fingerprint density at radius 1 is 1.47 bits per heavy atom. The number of rotatable bonds is 5. The van der Waals surface area contributed by atoms with E-state index in [4.69, 9.17) is 0 Å². The lowest BCUT2D eigenvalue weighted by Crippen LogP contribution is -2.42. The Hall–Kier alpha value is -0.570. The molecule has 1 saturated carbocycles. The highest BCUT2D eigenvalue weighted by Crippen LogP contribution is 2.22. The standard InChI is InChI=1S/C12H24N2O/c1-4-10(2)13-9-12(15)14(3)11-7-5-6-8-11/h10-11,13H,4-9H2,1-3H3. The molecule has 0 bridgehead atoms. The zero-order valence-corrected chi connectivity index (χ0v) is 10.3. The number of carbonyl (C=O) groups is 1. The molecule has 1 N–H and O–H groups in total. The van der Waals surface area contributed by atoms with Crippen LogP contribution < -0.4 is 5.32 Å². The fourth-order valence-corrected chi connectivity index (χ4v) is 2.03. The summed E-state index contributed by atoms with van der Waals surface area (Å²) in [6.45, 7) is 4.73. The lowest BCUT2D eigenvalue weighted by atomic mass is 10.2. The molecule has 1 aliphatic carbocycles. The highest BCUT2D eigenvalue weighted by atomic mass is 16.2. The summed E-state index contributed by atoms with van der Waals surface area (Å²) in [6.07, 6.45) is 6.00. The molecule has 0 aromatic rings. The van der Waals surface area contributed by atoms with Crippen LogP contribution in [0.5, 0.6) is 0 Å². The molecule has 3 nitrogen and oxygen atoms in total. The van der Waals surface area contributed by atoms with E-state index in [0.29, 0.717) is 18.6 Å². The SMILES string of the molecule is CCC(C)NCC(=O)N(C)C1CCCC1. The number of nitrogens with zero attached hydrogens (tertiary/aromatic N) is 1. The van der Waals surface area contributed by atoms with E-state index in [1.54, 1.807) is 0 Å². The summed E-state index contributed by atoms with van der Waals surface area (Å²) >= 11 is 0. The summed E-state index contributed by atoms with van der Waals surface area (Å²) < 4.78 is 0. The summed E-state index contributed by atoms with van der Waals surface area (Å²) in [4.78, 5) is 13.7. The normalized spacial score (nSPS) is 19.1. The smallest absolute Gasteiger partial charge is 0.236 e. The van der Waals surface area contributed by atoms with Gasteiger partial charge in [0.1, 0.15) is 0 Å².